The molecule has 2 amide bonds. The molecule has 0 bridgehead atoms. The number of hydrogen-bond acceptors (Lipinski definition) is 3. The number of piperidine rings is 2. The fourth-order valence-corrected chi connectivity index (χ4v) is 4.24. The quantitative estimate of drug-likeness (QED) is 0.724. The molecular weight excluding hydrogens is 308 g/mol. The summed E-state index contributed by atoms with van der Waals surface area (Å²) in [5, 5.41) is 0. The molecule has 0 aromatic heterocycles. The van der Waals surface area contributed by atoms with E-state index in [4.69, 9.17) is 0 Å². The zero-order valence-electron chi connectivity index (χ0n) is 14.6. The second-order valence-corrected chi connectivity index (χ2v) is 8.12. The monoisotopic (exact) mass is 338 g/mol. The molecule has 2 aliphatic heterocycles. The molecule has 5 heteroatoms. The van der Waals surface area contributed by atoms with E-state index in [9.17, 15) is 9.59 Å². The average Bonchev–Trinajstić information content (AvgIpc) is 2.54. The van der Waals surface area contributed by atoms with Gasteiger partial charge in [-0.15, -0.1) is 11.8 Å². The summed E-state index contributed by atoms with van der Waals surface area (Å²) < 4.78 is 0. The van der Waals surface area contributed by atoms with Crippen molar-refractivity contribution < 1.29 is 9.59 Å². The Balaban J connectivity index is 1.73. The fourth-order valence-electron chi connectivity index (χ4n) is 3.43. The molecule has 2 rings (SSSR count). The Labute approximate surface area is 144 Å². The van der Waals surface area contributed by atoms with Gasteiger partial charge in [-0.3, -0.25) is 9.59 Å². The molecule has 0 aliphatic carbocycles. The first-order valence-electron chi connectivity index (χ1n) is 8.76. The summed E-state index contributed by atoms with van der Waals surface area (Å²) >= 11 is 1.63. The lowest BCUT2D eigenvalue weighted by atomic mass is 9.93. The smallest absolute Gasteiger partial charge is 0.232 e. The van der Waals surface area contributed by atoms with Crippen LogP contribution in [0, 0.1) is 11.8 Å². The second kappa shape index (κ2) is 8.76. The van der Waals surface area contributed by atoms with Gasteiger partial charge < -0.3 is 9.80 Å². The molecule has 23 heavy (non-hydrogen) atoms. The summed E-state index contributed by atoms with van der Waals surface area (Å²) in [6.07, 6.45) is 4.00. The molecular formula is C18H30N2O2S. The highest BCUT2D eigenvalue weighted by atomic mass is 32.2. The lowest BCUT2D eigenvalue weighted by Gasteiger charge is -2.37. The number of amides is 2. The third-order valence-corrected chi connectivity index (χ3v) is 5.89. The highest BCUT2D eigenvalue weighted by Crippen LogP contribution is 2.24. The van der Waals surface area contributed by atoms with Gasteiger partial charge in [-0.25, -0.2) is 0 Å². The number of hydrogen-bond donors (Lipinski definition) is 0. The molecule has 1 atom stereocenters. The van der Waals surface area contributed by atoms with Gasteiger partial charge in [0.1, 0.15) is 0 Å². The number of thioether (sulfide) groups is 1. The lowest BCUT2D eigenvalue weighted by molar-refractivity contribution is -0.141. The molecule has 4 nitrogen and oxygen atoms in total. The first-order valence-corrected chi connectivity index (χ1v) is 9.91. The van der Waals surface area contributed by atoms with Crippen molar-refractivity contribution in [1.29, 1.82) is 0 Å². The third kappa shape index (κ3) is 5.55. The minimum atomic E-state index is 0.118. The van der Waals surface area contributed by atoms with E-state index in [1.54, 1.807) is 11.8 Å². The maximum atomic E-state index is 12.6. The van der Waals surface area contributed by atoms with Crippen LogP contribution in [-0.2, 0) is 9.59 Å². The SMILES string of the molecule is C=C(C)CSCC(=O)N1CCC(C(=O)N2CCC[C@H](C)C2)CC1. The molecule has 0 radical (unpaired) electrons. The molecule has 2 heterocycles. The normalized spacial score (nSPS) is 23.0. The lowest BCUT2D eigenvalue weighted by Crippen LogP contribution is -2.47. The van der Waals surface area contributed by atoms with Crippen molar-refractivity contribution >= 4 is 23.6 Å². The number of rotatable bonds is 5. The van der Waals surface area contributed by atoms with Crippen LogP contribution in [0.5, 0.6) is 0 Å². The van der Waals surface area contributed by atoms with E-state index in [1.807, 2.05) is 11.8 Å². The summed E-state index contributed by atoms with van der Waals surface area (Å²) in [4.78, 5) is 28.8. The molecule has 0 unspecified atom stereocenters. The zero-order valence-corrected chi connectivity index (χ0v) is 15.4. The van der Waals surface area contributed by atoms with Gasteiger partial charge in [0.25, 0.3) is 0 Å². The maximum Gasteiger partial charge on any atom is 0.232 e. The standard InChI is InChI=1S/C18H30N2O2S/c1-14(2)12-23-13-17(21)19-9-6-16(7-10-19)18(22)20-8-4-5-15(3)11-20/h15-16H,1,4-13H2,2-3H3/t15-/m0/s1. The van der Waals surface area contributed by atoms with Gasteiger partial charge in [-0.1, -0.05) is 19.1 Å². The van der Waals surface area contributed by atoms with E-state index >= 15 is 0 Å². The molecule has 0 aromatic carbocycles. The van der Waals surface area contributed by atoms with Crippen LogP contribution < -0.4 is 0 Å². The van der Waals surface area contributed by atoms with Gasteiger partial charge in [-0.05, 0) is 38.5 Å². The van der Waals surface area contributed by atoms with Crippen molar-refractivity contribution in [3.63, 3.8) is 0 Å². The Morgan fingerprint density at radius 1 is 1.09 bits per heavy atom. The van der Waals surface area contributed by atoms with Crippen LogP contribution in [0.3, 0.4) is 0 Å². The molecule has 2 fully saturated rings. The second-order valence-electron chi connectivity index (χ2n) is 7.14. The Hall–Kier alpha value is -0.970. The van der Waals surface area contributed by atoms with Crippen LogP contribution in [0.25, 0.3) is 0 Å². The minimum absolute atomic E-state index is 0.118. The van der Waals surface area contributed by atoms with Crippen LogP contribution in [0.1, 0.15) is 39.5 Å². The molecule has 0 aromatic rings. The Morgan fingerprint density at radius 3 is 2.39 bits per heavy atom. The molecule has 2 saturated heterocycles. The van der Waals surface area contributed by atoms with E-state index in [0.717, 1.165) is 56.8 Å². The molecule has 0 spiro atoms. The van der Waals surface area contributed by atoms with Crippen molar-refractivity contribution in [1.82, 2.24) is 9.80 Å². The first-order chi connectivity index (χ1) is 11.0. The van der Waals surface area contributed by atoms with Gasteiger partial charge >= 0.3 is 0 Å². The molecule has 130 valence electrons. The van der Waals surface area contributed by atoms with E-state index in [0.29, 0.717) is 17.6 Å². The van der Waals surface area contributed by atoms with Crippen molar-refractivity contribution in [2.24, 2.45) is 11.8 Å². The number of carbonyl (C=O) groups is 2. The molecule has 0 saturated carbocycles. The fraction of sp³-hybridized carbons (Fsp3) is 0.778. The molecule has 2 aliphatic rings. The van der Waals surface area contributed by atoms with Crippen LogP contribution in [0.2, 0.25) is 0 Å². The molecule has 0 N–H and O–H groups in total. The van der Waals surface area contributed by atoms with E-state index < -0.39 is 0 Å². The van der Waals surface area contributed by atoms with Crippen molar-refractivity contribution in [3.8, 4) is 0 Å². The van der Waals surface area contributed by atoms with Crippen LogP contribution >= 0.6 is 11.8 Å². The highest BCUT2D eigenvalue weighted by molar-refractivity contribution is 8.00. The summed E-state index contributed by atoms with van der Waals surface area (Å²) in [6.45, 7) is 11.3. The zero-order chi connectivity index (χ0) is 16.8. The van der Waals surface area contributed by atoms with Crippen LogP contribution in [0.15, 0.2) is 12.2 Å². The highest BCUT2D eigenvalue weighted by Gasteiger charge is 2.31. The Kier molecular flexibility index (Phi) is 7.00. The van der Waals surface area contributed by atoms with Gasteiger partial charge in [-0.2, -0.15) is 0 Å². The van der Waals surface area contributed by atoms with Gasteiger partial charge in [0.2, 0.25) is 11.8 Å². The predicted molar refractivity (Wildman–Crippen MR) is 96.4 cm³/mol. The van der Waals surface area contributed by atoms with E-state index in [2.05, 4.69) is 18.4 Å². The van der Waals surface area contributed by atoms with E-state index in [-0.39, 0.29) is 11.8 Å². The summed E-state index contributed by atoms with van der Waals surface area (Å²) in [7, 11) is 0. The Bertz CT molecular complexity index is 444. The average molecular weight is 339 g/mol. The summed E-state index contributed by atoms with van der Waals surface area (Å²) in [5.41, 5.74) is 1.10. The van der Waals surface area contributed by atoms with Crippen molar-refractivity contribution in [2.45, 2.75) is 39.5 Å². The Morgan fingerprint density at radius 2 is 1.78 bits per heavy atom. The van der Waals surface area contributed by atoms with Gasteiger partial charge in [0.05, 0.1) is 5.75 Å². The van der Waals surface area contributed by atoms with Crippen LogP contribution in [0.4, 0.5) is 0 Å². The van der Waals surface area contributed by atoms with Gasteiger partial charge in [0, 0.05) is 37.8 Å². The number of carbonyl (C=O) groups excluding carboxylic acids is 2. The van der Waals surface area contributed by atoms with Gasteiger partial charge in [0.15, 0.2) is 0 Å². The third-order valence-electron chi connectivity index (χ3n) is 4.74. The number of likely N-dealkylation sites (tertiary alicyclic amines) is 2. The predicted octanol–water partition coefficient (Wildman–Crippen LogP) is 2.79. The first kappa shape index (κ1) is 18.4. The topological polar surface area (TPSA) is 40.6 Å². The van der Waals surface area contributed by atoms with Crippen molar-refractivity contribution in [3.05, 3.63) is 12.2 Å². The minimum Gasteiger partial charge on any atom is -0.342 e. The summed E-state index contributed by atoms with van der Waals surface area (Å²) in [5.74, 6) is 2.63. The number of nitrogens with zero attached hydrogens (tertiary/aromatic N) is 2. The summed E-state index contributed by atoms with van der Waals surface area (Å²) in [6, 6.07) is 0. The maximum absolute atomic E-state index is 12.6. The van der Waals surface area contributed by atoms with Crippen molar-refractivity contribution in [2.75, 3.05) is 37.7 Å². The van der Waals surface area contributed by atoms with E-state index in [1.165, 1.54) is 6.42 Å². The van der Waals surface area contributed by atoms with Crippen LogP contribution in [-0.4, -0.2) is 59.3 Å². The largest absolute Gasteiger partial charge is 0.342 e.